The highest BCUT2D eigenvalue weighted by Gasteiger charge is 2.21. The molecule has 0 fully saturated rings. The first-order chi connectivity index (χ1) is 9.83. The number of rotatable bonds is 8. The van der Waals surface area contributed by atoms with Crippen LogP contribution in [0.2, 0.25) is 0 Å². The van der Waals surface area contributed by atoms with Crippen molar-refractivity contribution in [2.75, 3.05) is 33.4 Å². The van der Waals surface area contributed by atoms with E-state index in [4.69, 9.17) is 19.9 Å². The van der Waals surface area contributed by atoms with E-state index in [-0.39, 0.29) is 6.10 Å². The van der Waals surface area contributed by atoms with Crippen molar-refractivity contribution >= 4 is 0 Å². The zero-order chi connectivity index (χ0) is 14.2. The summed E-state index contributed by atoms with van der Waals surface area (Å²) in [6.07, 6.45) is 2.03. The Balaban J connectivity index is 1.79. The fourth-order valence-electron chi connectivity index (χ4n) is 2.27. The largest absolute Gasteiger partial charge is 0.486 e. The average molecular weight is 280 g/mol. The van der Waals surface area contributed by atoms with E-state index in [1.807, 2.05) is 24.3 Å². The standard InChI is InChI=1S/C15H24N2O3/c1-18-10-12(5-4-8-16)17-9-13-11-19-14-6-2-3-7-15(14)20-13/h2-3,6-7,12-13,17H,4-5,8-11,16H2,1H3. The Morgan fingerprint density at radius 2 is 2.20 bits per heavy atom. The zero-order valence-corrected chi connectivity index (χ0v) is 12.0. The van der Waals surface area contributed by atoms with Gasteiger partial charge in [-0.2, -0.15) is 0 Å². The zero-order valence-electron chi connectivity index (χ0n) is 12.0. The molecule has 0 spiro atoms. The Morgan fingerprint density at radius 3 is 2.95 bits per heavy atom. The minimum absolute atomic E-state index is 0.0298. The molecule has 0 amide bonds. The van der Waals surface area contributed by atoms with E-state index in [0.29, 0.717) is 25.8 Å². The summed E-state index contributed by atoms with van der Waals surface area (Å²) in [6, 6.07) is 8.07. The van der Waals surface area contributed by atoms with Crippen LogP contribution in [0, 0.1) is 0 Å². The van der Waals surface area contributed by atoms with E-state index in [2.05, 4.69) is 5.32 Å². The van der Waals surface area contributed by atoms with Crippen molar-refractivity contribution in [3.8, 4) is 11.5 Å². The summed E-state index contributed by atoms with van der Waals surface area (Å²) < 4.78 is 16.8. The molecule has 5 heteroatoms. The number of ether oxygens (including phenoxy) is 3. The minimum Gasteiger partial charge on any atom is -0.486 e. The summed E-state index contributed by atoms with van der Waals surface area (Å²) in [7, 11) is 1.72. The highest BCUT2D eigenvalue weighted by molar-refractivity contribution is 5.40. The highest BCUT2D eigenvalue weighted by Crippen LogP contribution is 2.30. The maximum Gasteiger partial charge on any atom is 0.161 e. The molecule has 0 aliphatic carbocycles. The Labute approximate surface area is 120 Å². The topological polar surface area (TPSA) is 65.7 Å². The van der Waals surface area contributed by atoms with Gasteiger partial charge in [-0.05, 0) is 31.5 Å². The van der Waals surface area contributed by atoms with E-state index in [1.54, 1.807) is 7.11 Å². The van der Waals surface area contributed by atoms with Crippen LogP contribution >= 0.6 is 0 Å². The lowest BCUT2D eigenvalue weighted by Crippen LogP contribution is -2.44. The van der Waals surface area contributed by atoms with Crippen LogP contribution in [0.25, 0.3) is 0 Å². The lowest BCUT2D eigenvalue weighted by Gasteiger charge is -2.28. The van der Waals surface area contributed by atoms with Gasteiger partial charge in [0.15, 0.2) is 11.5 Å². The van der Waals surface area contributed by atoms with Crippen molar-refractivity contribution in [2.45, 2.75) is 25.0 Å². The minimum atomic E-state index is 0.0298. The summed E-state index contributed by atoms with van der Waals surface area (Å²) in [5.74, 6) is 1.64. The van der Waals surface area contributed by atoms with Gasteiger partial charge in [-0.3, -0.25) is 0 Å². The van der Waals surface area contributed by atoms with Crippen LogP contribution in [0.5, 0.6) is 11.5 Å². The second-order valence-electron chi connectivity index (χ2n) is 4.99. The number of nitrogens with one attached hydrogen (secondary N) is 1. The monoisotopic (exact) mass is 280 g/mol. The Bertz CT molecular complexity index is 400. The molecule has 0 saturated carbocycles. The molecule has 1 aromatic carbocycles. The molecule has 0 saturated heterocycles. The second-order valence-corrected chi connectivity index (χ2v) is 4.99. The third-order valence-electron chi connectivity index (χ3n) is 3.33. The van der Waals surface area contributed by atoms with Crippen molar-refractivity contribution in [3.63, 3.8) is 0 Å². The Kier molecular flexibility index (Phi) is 6.11. The van der Waals surface area contributed by atoms with E-state index >= 15 is 0 Å². The summed E-state index contributed by atoms with van der Waals surface area (Å²) >= 11 is 0. The third-order valence-corrected chi connectivity index (χ3v) is 3.33. The first-order valence-corrected chi connectivity index (χ1v) is 7.14. The molecule has 112 valence electrons. The highest BCUT2D eigenvalue weighted by atomic mass is 16.6. The van der Waals surface area contributed by atoms with Crippen molar-refractivity contribution < 1.29 is 14.2 Å². The predicted molar refractivity (Wildman–Crippen MR) is 78.3 cm³/mol. The van der Waals surface area contributed by atoms with Gasteiger partial charge in [-0.15, -0.1) is 0 Å². The Hall–Kier alpha value is -1.30. The van der Waals surface area contributed by atoms with Gasteiger partial charge in [0, 0.05) is 19.7 Å². The molecular weight excluding hydrogens is 256 g/mol. The van der Waals surface area contributed by atoms with Crippen LogP contribution in [0.4, 0.5) is 0 Å². The lowest BCUT2D eigenvalue weighted by atomic mass is 10.1. The summed E-state index contributed by atoms with van der Waals surface area (Å²) in [6.45, 7) is 2.70. The maximum atomic E-state index is 5.91. The first kappa shape index (κ1) is 15.1. The number of methoxy groups -OCH3 is 1. The molecule has 0 radical (unpaired) electrons. The molecule has 1 aromatic rings. The quantitative estimate of drug-likeness (QED) is 0.748. The van der Waals surface area contributed by atoms with Crippen LogP contribution in [-0.4, -0.2) is 45.6 Å². The number of fused-ring (bicyclic) bond motifs is 1. The predicted octanol–water partition coefficient (Wildman–Crippen LogP) is 1.17. The summed E-state index contributed by atoms with van der Waals surface area (Å²) in [5, 5.41) is 3.47. The molecule has 2 atom stereocenters. The Morgan fingerprint density at radius 1 is 1.40 bits per heavy atom. The van der Waals surface area contributed by atoms with Crippen LogP contribution in [0.15, 0.2) is 24.3 Å². The molecule has 2 rings (SSSR count). The molecule has 1 aliphatic rings. The van der Waals surface area contributed by atoms with Crippen LogP contribution in [0.1, 0.15) is 12.8 Å². The molecule has 1 heterocycles. The average Bonchev–Trinajstić information content (AvgIpc) is 2.50. The maximum absolute atomic E-state index is 5.91. The van der Waals surface area contributed by atoms with Crippen molar-refractivity contribution in [2.24, 2.45) is 5.73 Å². The van der Waals surface area contributed by atoms with Gasteiger partial charge in [-0.1, -0.05) is 12.1 Å². The van der Waals surface area contributed by atoms with Crippen molar-refractivity contribution in [1.29, 1.82) is 0 Å². The molecule has 0 aromatic heterocycles. The van der Waals surface area contributed by atoms with Crippen molar-refractivity contribution in [3.05, 3.63) is 24.3 Å². The van der Waals surface area contributed by atoms with Crippen LogP contribution in [0.3, 0.4) is 0 Å². The number of hydrogen-bond donors (Lipinski definition) is 2. The normalized spacial score (nSPS) is 18.8. The number of hydrogen-bond acceptors (Lipinski definition) is 5. The smallest absolute Gasteiger partial charge is 0.161 e. The third kappa shape index (κ3) is 4.37. The van der Waals surface area contributed by atoms with Gasteiger partial charge < -0.3 is 25.3 Å². The molecule has 0 bridgehead atoms. The number of benzene rings is 1. The molecule has 3 N–H and O–H groups in total. The van der Waals surface area contributed by atoms with E-state index < -0.39 is 0 Å². The van der Waals surface area contributed by atoms with Crippen molar-refractivity contribution in [1.82, 2.24) is 5.32 Å². The van der Waals surface area contributed by atoms with Gasteiger partial charge in [0.2, 0.25) is 0 Å². The molecule has 1 aliphatic heterocycles. The number of nitrogens with two attached hydrogens (primary N) is 1. The fraction of sp³-hybridized carbons (Fsp3) is 0.600. The van der Waals surface area contributed by atoms with Gasteiger partial charge in [0.05, 0.1) is 6.61 Å². The molecule has 2 unspecified atom stereocenters. The van der Waals surface area contributed by atoms with Gasteiger partial charge in [0.1, 0.15) is 12.7 Å². The van der Waals surface area contributed by atoms with Crippen LogP contribution < -0.4 is 20.5 Å². The van der Waals surface area contributed by atoms with Gasteiger partial charge in [0.25, 0.3) is 0 Å². The first-order valence-electron chi connectivity index (χ1n) is 7.14. The SMILES string of the molecule is COCC(CCCN)NCC1COc2ccccc2O1. The lowest BCUT2D eigenvalue weighted by molar-refractivity contribution is 0.0821. The summed E-state index contributed by atoms with van der Waals surface area (Å²) in [4.78, 5) is 0. The van der Waals surface area contributed by atoms with E-state index in [9.17, 15) is 0 Å². The molecular formula is C15H24N2O3. The second kappa shape index (κ2) is 8.09. The van der Waals surface area contributed by atoms with E-state index in [1.165, 1.54) is 0 Å². The van der Waals surface area contributed by atoms with Gasteiger partial charge in [-0.25, -0.2) is 0 Å². The molecule has 5 nitrogen and oxygen atoms in total. The summed E-state index contributed by atoms with van der Waals surface area (Å²) in [5.41, 5.74) is 5.55. The molecule has 20 heavy (non-hydrogen) atoms. The van der Waals surface area contributed by atoms with Gasteiger partial charge >= 0.3 is 0 Å². The number of para-hydroxylation sites is 2. The van der Waals surface area contributed by atoms with E-state index in [0.717, 1.165) is 30.9 Å². The fourth-order valence-corrected chi connectivity index (χ4v) is 2.27. The van der Waals surface area contributed by atoms with Crippen LogP contribution in [-0.2, 0) is 4.74 Å².